The van der Waals surface area contributed by atoms with Crippen LogP contribution in [0.3, 0.4) is 0 Å². The number of nitrogens with two attached hydrogens (primary N) is 1. The largest absolute Gasteiger partial charge is 0.398 e. The summed E-state index contributed by atoms with van der Waals surface area (Å²) in [6.45, 7) is 0. The van der Waals surface area contributed by atoms with Crippen LogP contribution in [0.25, 0.3) is 0 Å². The molecule has 2 rings (SSSR count). The minimum atomic E-state index is -3.79. The van der Waals surface area contributed by atoms with Crippen LogP contribution < -0.4 is 10.5 Å². The van der Waals surface area contributed by atoms with Crippen LogP contribution >= 0.6 is 15.9 Å². The summed E-state index contributed by atoms with van der Waals surface area (Å²) < 4.78 is 27.7. The molecule has 3 N–H and O–H groups in total. The average molecular weight is 352 g/mol. The van der Waals surface area contributed by atoms with Gasteiger partial charge in [-0.05, 0) is 36.4 Å². The van der Waals surface area contributed by atoms with E-state index >= 15 is 0 Å². The first-order valence-electron chi connectivity index (χ1n) is 5.50. The van der Waals surface area contributed by atoms with Gasteiger partial charge in [-0.15, -0.1) is 0 Å². The van der Waals surface area contributed by atoms with E-state index in [4.69, 9.17) is 11.0 Å². The van der Waals surface area contributed by atoms with Crippen LogP contribution in [0.4, 0.5) is 11.4 Å². The number of nitrogen functional groups attached to an aromatic ring is 1. The number of nitrogens with zero attached hydrogens (tertiary/aromatic N) is 1. The fourth-order valence-corrected chi connectivity index (χ4v) is 3.19. The highest BCUT2D eigenvalue weighted by Gasteiger charge is 2.17. The van der Waals surface area contributed by atoms with Crippen molar-refractivity contribution in [2.45, 2.75) is 4.90 Å². The van der Waals surface area contributed by atoms with Gasteiger partial charge in [0, 0.05) is 10.2 Å². The first-order chi connectivity index (χ1) is 9.42. The monoisotopic (exact) mass is 351 g/mol. The maximum atomic E-state index is 12.2. The summed E-state index contributed by atoms with van der Waals surface area (Å²) in [6.07, 6.45) is 0. The van der Waals surface area contributed by atoms with E-state index in [2.05, 4.69) is 20.7 Å². The van der Waals surface area contributed by atoms with E-state index in [0.717, 1.165) is 4.47 Å². The van der Waals surface area contributed by atoms with Crippen LogP contribution in [0.15, 0.2) is 51.8 Å². The summed E-state index contributed by atoms with van der Waals surface area (Å²) in [5, 5.41) is 8.75. The first kappa shape index (κ1) is 14.4. The molecule has 0 saturated carbocycles. The molecule has 20 heavy (non-hydrogen) atoms. The van der Waals surface area contributed by atoms with Crippen LogP contribution in [0.5, 0.6) is 0 Å². The Morgan fingerprint density at radius 1 is 1.20 bits per heavy atom. The average Bonchev–Trinajstić information content (AvgIpc) is 2.37. The summed E-state index contributed by atoms with van der Waals surface area (Å²) in [7, 11) is -3.79. The number of rotatable bonds is 3. The van der Waals surface area contributed by atoms with Crippen molar-refractivity contribution in [3.05, 3.63) is 52.5 Å². The number of sulfonamides is 1. The van der Waals surface area contributed by atoms with E-state index in [-0.39, 0.29) is 10.6 Å². The number of nitriles is 1. The van der Waals surface area contributed by atoms with Gasteiger partial charge >= 0.3 is 0 Å². The zero-order valence-corrected chi connectivity index (χ0v) is 12.6. The zero-order valence-electron chi connectivity index (χ0n) is 10.2. The van der Waals surface area contributed by atoms with E-state index in [1.807, 2.05) is 6.07 Å². The molecule has 0 aliphatic heterocycles. The molecule has 0 aromatic heterocycles. The molecule has 0 atom stereocenters. The Hall–Kier alpha value is -2.04. The SMILES string of the molecule is N#Cc1ccc(S(=O)(=O)Nc2cccc(Br)c2)c(N)c1. The number of hydrogen-bond acceptors (Lipinski definition) is 4. The van der Waals surface area contributed by atoms with E-state index in [1.54, 1.807) is 24.3 Å². The maximum Gasteiger partial charge on any atom is 0.263 e. The highest BCUT2D eigenvalue weighted by molar-refractivity contribution is 9.10. The number of hydrogen-bond donors (Lipinski definition) is 2. The van der Waals surface area contributed by atoms with Crippen molar-refractivity contribution in [2.24, 2.45) is 0 Å². The van der Waals surface area contributed by atoms with Crippen LogP contribution in [-0.2, 0) is 10.0 Å². The Morgan fingerprint density at radius 2 is 1.95 bits per heavy atom. The molecule has 0 heterocycles. The third-order valence-electron chi connectivity index (χ3n) is 2.51. The molecule has 5 nitrogen and oxygen atoms in total. The van der Waals surface area contributed by atoms with Crippen molar-refractivity contribution < 1.29 is 8.42 Å². The zero-order chi connectivity index (χ0) is 14.8. The highest BCUT2D eigenvalue weighted by atomic mass is 79.9. The second kappa shape index (κ2) is 5.53. The van der Waals surface area contributed by atoms with Gasteiger partial charge in [-0.25, -0.2) is 8.42 Å². The van der Waals surface area contributed by atoms with Gasteiger partial charge in [0.1, 0.15) is 4.90 Å². The summed E-state index contributed by atoms with van der Waals surface area (Å²) >= 11 is 3.26. The lowest BCUT2D eigenvalue weighted by atomic mass is 10.2. The third-order valence-corrected chi connectivity index (χ3v) is 4.45. The molecule has 0 aliphatic carbocycles. The fourth-order valence-electron chi connectivity index (χ4n) is 1.62. The van der Waals surface area contributed by atoms with Crippen LogP contribution in [0.1, 0.15) is 5.56 Å². The van der Waals surface area contributed by atoms with E-state index in [9.17, 15) is 8.42 Å². The topological polar surface area (TPSA) is 96.0 Å². The molecule has 0 aliphatic rings. The van der Waals surface area contributed by atoms with Gasteiger partial charge in [-0.3, -0.25) is 4.72 Å². The summed E-state index contributed by atoms with van der Waals surface area (Å²) in [6, 6.07) is 12.7. The van der Waals surface area contributed by atoms with Crippen molar-refractivity contribution >= 4 is 37.3 Å². The molecule has 0 amide bonds. The Balaban J connectivity index is 2.39. The van der Waals surface area contributed by atoms with Crippen molar-refractivity contribution in [3.8, 4) is 6.07 Å². The summed E-state index contributed by atoms with van der Waals surface area (Å²) in [5.74, 6) is 0. The molecular weight excluding hydrogens is 342 g/mol. The lowest BCUT2D eigenvalue weighted by Gasteiger charge is -2.10. The standard InChI is InChI=1S/C13H10BrN3O2S/c14-10-2-1-3-11(7-10)17-20(18,19)13-5-4-9(8-15)6-12(13)16/h1-7,17H,16H2. The molecule has 0 spiro atoms. The van der Waals surface area contributed by atoms with Gasteiger partial charge in [0.25, 0.3) is 10.0 Å². The molecule has 2 aromatic rings. The van der Waals surface area contributed by atoms with Gasteiger partial charge in [-0.1, -0.05) is 22.0 Å². The number of anilines is 2. The van der Waals surface area contributed by atoms with Gasteiger partial charge in [0.15, 0.2) is 0 Å². The van der Waals surface area contributed by atoms with Crippen LogP contribution in [0.2, 0.25) is 0 Å². The predicted octanol–water partition coefficient (Wildman–Crippen LogP) is 2.70. The van der Waals surface area contributed by atoms with Gasteiger partial charge in [-0.2, -0.15) is 5.26 Å². The molecule has 0 bridgehead atoms. The Kier molecular flexibility index (Phi) is 3.97. The summed E-state index contributed by atoms with van der Waals surface area (Å²) in [4.78, 5) is -0.0588. The molecule has 0 radical (unpaired) electrons. The molecular formula is C13H10BrN3O2S. The van der Waals surface area contributed by atoms with Crippen molar-refractivity contribution in [1.82, 2.24) is 0 Å². The fraction of sp³-hybridized carbons (Fsp3) is 0. The van der Waals surface area contributed by atoms with Crippen molar-refractivity contribution in [3.63, 3.8) is 0 Å². The van der Waals surface area contributed by atoms with E-state index in [0.29, 0.717) is 11.3 Å². The second-order valence-corrected chi connectivity index (χ2v) is 6.55. The smallest absolute Gasteiger partial charge is 0.263 e. The van der Waals surface area contributed by atoms with Crippen molar-refractivity contribution in [1.29, 1.82) is 5.26 Å². The maximum absolute atomic E-state index is 12.2. The Bertz CT molecular complexity index is 798. The van der Waals surface area contributed by atoms with Crippen molar-refractivity contribution in [2.75, 3.05) is 10.5 Å². The van der Waals surface area contributed by atoms with E-state index < -0.39 is 10.0 Å². The third kappa shape index (κ3) is 3.10. The summed E-state index contributed by atoms with van der Waals surface area (Å²) in [5.41, 5.74) is 6.45. The first-order valence-corrected chi connectivity index (χ1v) is 7.78. The van der Waals surface area contributed by atoms with Crippen LogP contribution in [-0.4, -0.2) is 8.42 Å². The lowest BCUT2D eigenvalue weighted by Crippen LogP contribution is -2.14. The van der Waals surface area contributed by atoms with Gasteiger partial charge in [0.05, 0.1) is 17.3 Å². The molecule has 2 aromatic carbocycles. The number of halogens is 1. The lowest BCUT2D eigenvalue weighted by molar-refractivity contribution is 0.601. The highest BCUT2D eigenvalue weighted by Crippen LogP contribution is 2.24. The predicted molar refractivity (Wildman–Crippen MR) is 80.5 cm³/mol. The quantitative estimate of drug-likeness (QED) is 0.830. The molecule has 0 unspecified atom stereocenters. The van der Waals surface area contributed by atoms with Gasteiger partial charge in [0.2, 0.25) is 0 Å². The normalized spacial score (nSPS) is 10.8. The minimum absolute atomic E-state index is 0.0338. The molecule has 102 valence electrons. The Morgan fingerprint density at radius 3 is 2.55 bits per heavy atom. The van der Waals surface area contributed by atoms with Gasteiger partial charge < -0.3 is 5.73 Å². The molecule has 0 fully saturated rings. The molecule has 7 heteroatoms. The Labute approximate surface area is 125 Å². The second-order valence-electron chi connectivity index (χ2n) is 3.98. The molecule has 0 saturated heterocycles. The van der Waals surface area contributed by atoms with Crippen LogP contribution in [0, 0.1) is 11.3 Å². The minimum Gasteiger partial charge on any atom is -0.398 e. The number of nitrogens with one attached hydrogen (secondary N) is 1. The number of benzene rings is 2. The van der Waals surface area contributed by atoms with E-state index in [1.165, 1.54) is 18.2 Å².